The van der Waals surface area contributed by atoms with E-state index in [1.54, 1.807) is 23.5 Å². The van der Waals surface area contributed by atoms with E-state index < -0.39 is 9.20 Å². The minimum absolute atomic E-state index is 0.181. The number of halogens is 2. The van der Waals surface area contributed by atoms with Gasteiger partial charge in [0.15, 0.2) is 4.87 Å². The Hall–Kier alpha value is -0.0300. The van der Waals surface area contributed by atoms with Crippen LogP contribution in [0.1, 0.15) is 26.3 Å². The second-order valence-corrected chi connectivity index (χ2v) is 10.2. The first kappa shape index (κ1) is 16.8. The first-order chi connectivity index (χ1) is 10.2. The monoisotopic (exact) mass is 375 g/mol. The van der Waals surface area contributed by atoms with Gasteiger partial charge in [-0.2, -0.15) is 0 Å². The first-order valence-electron chi connectivity index (χ1n) is 7.23. The van der Waals surface area contributed by atoms with E-state index in [1.165, 1.54) is 0 Å². The lowest BCUT2D eigenvalue weighted by molar-refractivity contribution is -0.162. The van der Waals surface area contributed by atoms with Gasteiger partial charge in [0.25, 0.3) is 5.91 Å². The van der Waals surface area contributed by atoms with Crippen LogP contribution in [0.15, 0.2) is 30.3 Å². The summed E-state index contributed by atoms with van der Waals surface area (Å²) < 4.78 is -1.20. The van der Waals surface area contributed by atoms with Crippen molar-refractivity contribution < 1.29 is 4.79 Å². The molecule has 2 fully saturated rings. The molecule has 0 unspecified atom stereocenters. The van der Waals surface area contributed by atoms with Crippen molar-refractivity contribution in [2.75, 3.05) is 6.26 Å². The van der Waals surface area contributed by atoms with E-state index in [-0.39, 0.29) is 16.0 Å². The molecule has 0 N–H and O–H groups in total. The summed E-state index contributed by atoms with van der Waals surface area (Å²) in [5, 5.41) is 0. The maximum atomic E-state index is 12.8. The molecular formula is C16H19Cl2NOS2. The molecule has 1 amide bonds. The highest BCUT2D eigenvalue weighted by Crippen LogP contribution is 2.73. The average molecular weight is 376 g/mol. The van der Waals surface area contributed by atoms with Crippen molar-refractivity contribution in [1.29, 1.82) is 0 Å². The second-order valence-electron chi connectivity index (χ2n) is 6.29. The van der Waals surface area contributed by atoms with E-state index in [2.05, 4.69) is 27.0 Å². The molecule has 2 nitrogen and oxygen atoms in total. The molecule has 0 aromatic heterocycles. The molecule has 0 spiro atoms. The van der Waals surface area contributed by atoms with E-state index in [4.69, 9.17) is 23.2 Å². The molecule has 0 aliphatic carbocycles. The summed E-state index contributed by atoms with van der Waals surface area (Å²) >= 11 is 16.6. The van der Waals surface area contributed by atoms with Gasteiger partial charge in [0.05, 0.1) is 10.1 Å². The molecule has 6 heteroatoms. The number of fused-ring (bicyclic) bond motifs is 1. The van der Waals surface area contributed by atoms with Crippen molar-refractivity contribution >= 4 is 52.6 Å². The molecule has 3 atom stereocenters. The fraction of sp³-hybridized carbons (Fsp3) is 0.562. The summed E-state index contributed by atoms with van der Waals surface area (Å²) in [5.41, 5.74) is 0.706. The largest absolute Gasteiger partial charge is 0.310 e. The van der Waals surface area contributed by atoms with E-state index in [1.807, 2.05) is 35.2 Å². The Morgan fingerprint density at radius 2 is 1.86 bits per heavy atom. The highest BCUT2D eigenvalue weighted by molar-refractivity contribution is 8.17. The van der Waals surface area contributed by atoms with E-state index in [9.17, 15) is 4.79 Å². The van der Waals surface area contributed by atoms with E-state index >= 15 is 0 Å². The van der Waals surface area contributed by atoms with Gasteiger partial charge in [-0.3, -0.25) is 4.79 Å². The van der Waals surface area contributed by atoms with Crippen LogP contribution in [-0.2, 0) is 9.67 Å². The van der Waals surface area contributed by atoms with Crippen LogP contribution in [0.4, 0.5) is 0 Å². The van der Waals surface area contributed by atoms with Crippen LogP contribution >= 0.6 is 46.7 Å². The van der Waals surface area contributed by atoms with Crippen LogP contribution in [0.25, 0.3) is 0 Å². The lowest BCUT2D eigenvalue weighted by Crippen LogP contribution is -2.76. The molecular weight excluding hydrogens is 357 g/mol. The molecule has 2 aliphatic heterocycles. The van der Waals surface area contributed by atoms with Gasteiger partial charge in [-0.05, 0) is 24.7 Å². The smallest absolute Gasteiger partial charge is 0.264 e. The van der Waals surface area contributed by atoms with Gasteiger partial charge in [-0.15, -0.1) is 23.5 Å². The zero-order chi connectivity index (χ0) is 16.3. The number of alkyl halides is 2. The molecule has 2 heterocycles. The van der Waals surface area contributed by atoms with Crippen LogP contribution in [0.3, 0.4) is 0 Å². The van der Waals surface area contributed by atoms with E-state index in [0.29, 0.717) is 5.92 Å². The predicted molar refractivity (Wildman–Crippen MR) is 97.5 cm³/mol. The molecule has 120 valence electrons. The fourth-order valence-corrected chi connectivity index (χ4v) is 7.74. The van der Waals surface area contributed by atoms with Crippen molar-refractivity contribution in [1.82, 2.24) is 4.90 Å². The number of hydrogen-bond acceptors (Lipinski definition) is 3. The maximum absolute atomic E-state index is 12.8. The Morgan fingerprint density at radius 3 is 2.36 bits per heavy atom. The molecule has 2 saturated heterocycles. The molecule has 22 heavy (non-hydrogen) atoms. The number of amides is 1. The zero-order valence-corrected chi connectivity index (χ0v) is 16.1. The number of thioether (sulfide) groups is 2. The van der Waals surface area contributed by atoms with Gasteiger partial charge in [-0.1, -0.05) is 67.4 Å². The molecule has 3 rings (SSSR count). The lowest BCUT2D eigenvalue weighted by Gasteiger charge is -2.60. The van der Waals surface area contributed by atoms with Crippen molar-refractivity contribution in [3.8, 4) is 0 Å². The Labute approximate surface area is 150 Å². The number of hydrogen-bond donors (Lipinski definition) is 0. The summed E-state index contributed by atoms with van der Waals surface area (Å²) in [4.78, 5) is 14.0. The summed E-state index contributed by atoms with van der Waals surface area (Å²) in [7, 11) is 0. The minimum atomic E-state index is -1.42. The first-order valence-corrected chi connectivity index (χ1v) is 10.2. The van der Waals surface area contributed by atoms with Gasteiger partial charge in [0.1, 0.15) is 0 Å². The Balaban J connectivity index is 2.21. The highest BCUT2D eigenvalue weighted by Gasteiger charge is 2.81. The SMILES string of the molecule is CS[C@@H]1S[C@@]2(c3ccccc3)N(C(=O)C2(Cl)Cl)[C@@]1(C)C(C)C. The number of rotatable bonds is 3. The van der Waals surface area contributed by atoms with Crippen LogP contribution in [0.5, 0.6) is 0 Å². The number of β-lactam (4-membered cyclic amide) rings is 1. The van der Waals surface area contributed by atoms with Crippen LogP contribution in [0, 0.1) is 5.92 Å². The molecule has 0 saturated carbocycles. The molecule has 1 aromatic rings. The summed E-state index contributed by atoms with van der Waals surface area (Å²) in [6.45, 7) is 6.46. The molecule has 0 bridgehead atoms. The number of benzene rings is 1. The normalized spacial score (nSPS) is 36.4. The third-order valence-electron chi connectivity index (χ3n) is 5.00. The second kappa shape index (κ2) is 5.23. The number of carbonyl (C=O) groups excluding carboxylic acids is 1. The van der Waals surface area contributed by atoms with Gasteiger partial charge >= 0.3 is 0 Å². The van der Waals surface area contributed by atoms with Crippen molar-refractivity contribution in [3.63, 3.8) is 0 Å². The summed E-state index contributed by atoms with van der Waals surface area (Å²) in [6.07, 6.45) is 2.08. The Morgan fingerprint density at radius 1 is 1.27 bits per heavy atom. The van der Waals surface area contributed by atoms with Crippen LogP contribution in [0.2, 0.25) is 0 Å². The molecule has 0 radical (unpaired) electrons. The van der Waals surface area contributed by atoms with Crippen LogP contribution < -0.4 is 0 Å². The van der Waals surface area contributed by atoms with E-state index in [0.717, 1.165) is 5.56 Å². The lowest BCUT2D eigenvalue weighted by atomic mass is 9.80. The third kappa shape index (κ3) is 1.76. The summed E-state index contributed by atoms with van der Waals surface area (Å²) in [5.74, 6) is 0.122. The van der Waals surface area contributed by atoms with Gasteiger partial charge < -0.3 is 4.90 Å². The Bertz CT molecular complexity index is 609. The van der Waals surface area contributed by atoms with Gasteiger partial charge in [-0.25, -0.2) is 0 Å². The van der Waals surface area contributed by atoms with Crippen molar-refractivity contribution in [2.45, 2.75) is 40.1 Å². The van der Waals surface area contributed by atoms with Gasteiger partial charge in [0.2, 0.25) is 4.33 Å². The number of carbonyl (C=O) groups is 1. The standard InChI is InChI=1S/C16H19Cl2NOS2/c1-10(2)14(3)13(21-4)22-16(11-8-6-5-7-9-11)15(17,18)12(20)19(14)16/h5-10,13H,1-4H3/t13-,14+,16-/m1/s1. The zero-order valence-electron chi connectivity index (χ0n) is 13.0. The van der Waals surface area contributed by atoms with Crippen molar-refractivity contribution in [2.24, 2.45) is 5.92 Å². The third-order valence-corrected chi connectivity index (χ3v) is 9.62. The maximum Gasteiger partial charge on any atom is 0.264 e. The number of nitrogens with zero attached hydrogens (tertiary/aromatic N) is 1. The predicted octanol–water partition coefficient (Wildman–Crippen LogP) is 4.71. The Kier molecular flexibility index (Phi) is 4.00. The minimum Gasteiger partial charge on any atom is -0.310 e. The highest BCUT2D eigenvalue weighted by atomic mass is 35.5. The van der Waals surface area contributed by atoms with Gasteiger partial charge in [0, 0.05) is 0 Å². The topological polar surface area (TPSA) is 20.3 Å². The van der Waals surface area contributed by atoms with Crippen molar-refractivity contribution in [3.05, 3.63) is 35.9 Å². The molecule has 2 aliphatic rings. The summed E-state index contributed by atoms with van der Waals surface area (Å²) in [6, 6.07) is 9.91. The molecule has 1 aromatic carbocycles. The average Bonchev–Trinajstić information content (AvgIpc) is 2.77. The van der Waals surface area contributed by atoms with Crippen LogP contribution in [-0.4, -0.2) is 31.5 Å². The fourth-order valence-electron chi connectivity index (χ4n) is 3.44. The quantitative estimate of drug-likeness (QED) is 0.563.